The Morgan fingerprint density at radius 1 is 0.848 bits per heavy atom. The number of rotatable bonds is 6. The Labute approximate surface area is 185 Å². The molecule has 0 amide bonds. The van der Waals surface area contributed by atoms with Gasteiger partial charge < -0.3 is 9.80 Å². The monoisotopic (exact) mass is 473 g/mol. The normalized spacial score (nSPS) is 12.2. The maximum absolute atomic E-state index is 13.3. The molecule has 0 spiro atoms. The Kier molecular flexibility index (Phi) is 6.52. The van der Waals surface area contributed by atoms with Crippen molar-refractivity contribution in [3.8, 4) is 0 Å². The van der Waals surface area contributed by atoms with E-state index in [1.807, 2.05) is 0 Å². The molecule has 3 rings (SSSR count). The van der Waals surface area contributed by atoms with E-state index in [2.05, 4.69) is 20.1 Å². The highest BCUT2D eigenvalue weighted by Gasteiger charge is 2.37. The Balaban J connectivity index is 2.08. The van der Waals surface area contributed by atoms with E-state index in [9.17, 15) is 26.3 Å². The van der Waals surface area contributed by atoms with Gasteiger partial charge in [0.25, 0.3) is 0 Å². The van der Waals surface area contributed by atoms with Gasteiger partial charge in [0, 0.05) is 27.7 Å². The minimum atomic E-state index is -4.94. The summed E-state index contributed by atoms with van der Waals surface area (Å²) in [5.74, 6) is 0.379. The van der Waals surface area contributed by atoms with Crippen LogP contribution in [-0.4, -0.2) is 38.8 Å². The summed E-state index contributed by atoms with van der Waals surface area (Å²) in [6.07, 6.45) is -8.65. The van der Waals surface area contributed by atoms with Crippen molar-refractivity contribution in [1.29, 1.82) is 0 Å². The van der Waals surface area contributed by atoms with Gasteiger partial charge in [-0.25, -0.2) is 9.97 Å². The van der Waals surface area contributed by atoms with Gasteiger partial charge in [-0.2, -0.15) is 36.4 Å². The van der Waals surface area contributed by atoms with Crippen molar-refractivity contribution in [3.05, 3.63) is 58.7 Å². The van der Waals surface area contributed by atoms with Gasteiger partial charge in [0.2, 0.25) is 11.9 Å². The van der Waals surface area contributed by atoms with E-state index in [0.29, 0.717) is 23.5 Å². The Morgan fingerprint density at radius 2 is 1.42 bits per heavy atom. The number of halogens is 6. The Bertz CT molecular complexity index is 1090. The number of benzene rings is 1. The van der Waals surface area contributed by atoms with E-state index >= 15 is 0 Å². The van der Waals surface area contributed by atoms with Crippen molar-refractivity contribution in [2.24, 2.45) is 7.05 Å². The molecule has 7 nitrogen and oxygen atoms in total. The summed E-state index contributed by atoms with van der Waals surface area (Å²) >= 11 is 0. The molecule has 0 saturated heterocycles. The molecule has 0 aliphatic heterocycles. The van der Waals surface area contributed by atoms with E-state index in [-0.39, 0.29) is 36.6 Å². The minimum Gasteiger partial charge on any atom is -0.347 e. The topological polar surface area (TPSA) is 63.0 Å². The summed E-state index contributed by atoms with van der Waals surface area (Å²) in [4.78, 5) is 15.5. The molecular formula is C20H21F6N7. The second-order valence-corrected chi connectivity index (χ2v) is 7.65. The van der Waals surface area contributed by atoms with Crippen LogP contribution in [0.1, 0.15) is 28.1 Å². The molecule has 0 aliphatic carbocycles. The van der Waals surface area contributed by atoms with Crippen molar-refractivity contribution >= 4 is 11.9 Å². The molecule has 33 heavy (non-hydrogen) atoms. The molecule has 1 aromatic carbocycles. The zero-order valence-corrected chi connectivity index (χ0v) is 18.2. The zero-order chi connectivity index (χ0) is 24.6. The predicted molar refractivity (Wildman–Crippen MR) is 108 cm³/mol. The molecule has 2 aromatic heterocycles. The average Bonchev–Trinajstić information content (AvgIpc) is 3.02. The summed E-state index contributed by atoms with van der Waals surface area (Å²) in [5, 5.41) is 4.23. The third-order valence-corrected chi connectivity index (χ3v) is 4.70. The van der Waals surface area contributed by atoms with Crippen molar-refractivity contribution in [3.63, 3.8) is 0 Å². The second kappa shape index (κ2) is 8.87. The molecule has 0 saturated carbocycles. The maximum Gasteiger partial charge on any atom is 0.416 e. The number of alkyl halides is 6. The first-order valence-electron chi connectivity index (χ1n) is 9.63. The van der Waals surface area contributed by atoms with Crippen LogP contribution in [-0.2, 0) is 32.5 Å². The minimum absolute atomic E-state index is 0.0891. The Hall–Kier alpha value is -3.38. The molecule has 0 radical (unpaired) electrons. The molecule has 3 aromatic rings. The lowest BCUT2D eigenvalue weighted by Crippen LogP contribution is -2.27. The summed E-state index contributed by atoms with van der Waals surface area (Å²) in [6.45, 7) is 1.54. The van der Waals surface area contributed by atoms with Gasteiger partial charge in [-0.15, -0.1) is 0 Å². The standard InChI is InChI=1S/C20H21F6N7/c1-12-5-16(32(4)30-12)10-33(18-28-11-27-17(29-18)31(2)3)9-13-6-14(19(21,22)23)8-15(7-13)20(24,25)26/h5-8,11H,9-10H2,1-4H3. The molecule has 178 valence electrons. The van der Waals surface area contributed by atoms with Gasteiger partial charge >= 0.3 is 12.4 Å². The zero-order valence-electron chi connectivity index (χ0n) is 18.2. The van der Waals surface area contributed by atoms with Crippen LogP contribution >= 0.6 is 0 Å². The molecule has 0 bridgehead atoms. The van der Waals surface area contributed by atoms with E-state index in [1.165, 1.54) is 11.2 Å². The maximum atomic E-state index is 13.3. The third kappa shape index (κ3) is 5.90. The smallest absolute Gasteiger partial charge is 0.347 e. The molecule has 0 atom stereocenters. The van der Waals surface area contributed by atoms with E-state index in [0.717, 1.165) is 0 Å². The van der Waals surface area contributed by atoms with Gasteiger partial charge in [-0.1, -0.05) is 0 Å². The van der Waals surface area contributed by atoms with E-state index in [1.54, 1.807) is 43.7 Å². The molecule has 0 aliphatic rings. The fourth-order valence-corrected chi connectivity index (χ4v) is 3.18. The molecule has 0 fully saturated rings. The van der Waals surface area contributed by atoms with Crippen molar-refractivity contribution in [2.45, 2.75) is 32.4 Å². The van der Waals surface area contributed by atoms with Gasteiger partial charge in [0.15, 0.2) is 0 Å². The third-order valence-electron chi connectivity index (χ3n) is 4.70. The highest BCUT2D eigenvalue weighted by Crippen LogP contribution is 2.36. The SMILES string of the molecule is Cc1cc(CN(Cc2cc(C(F)(F)F)cc(C(F)(F)F)c2)c2ncnc(N(C)C)n2)n(C)n1. The predicted octanol–water partition coefficient (Wildman–Crippen LogP) is 4.22. The first-order valence-corrected chi connectivity index (χ1v) is 9.63. The van der Waals surface area contributed by atoms with Crippen molar-refractivity contribution in [1.82, 2.24) is 24.7 Å². The molecule has 13 heteroatoms. The van der Waals surface area contributed by atoms with Crippen LogP contribution in [0.15, 0.2) is 30.6 Å². The van der Waals surface area contributed by atoms with E-state index in [4.69, 9.17) is 0 Å². The summed E-state index contributed by atoms with van der Waals surface area (Å²) in [5.41, 5.74) is -1.58. The molecular weight excluding hydrogens is 452 g/mol. The molecule has 2 heterocycles. The van der Waals surface area contributed by atoms with E-state index < -0.39 is 23.5 Å². The van der Waals surface area contributed by atoms with Crippen LogP contribution in [0.3, 0.4) is 0 Å². The largest absolute Gasteiger partial charge is 0.416 e. The van der Waals surface area contributed by atoms with Crippen LogP contribution < -0.4 is 9.80 Å². The lowest BCUT2D eigenvalue weighted by molar-refractivity contribution is -0.143. The number of aromatic nitrogens is 5. The quantitative estimate of drug-likeness (QED) is 0.500. The van der Waals surface area contributed by atoms with Crippen LogP contribution in [0.4, 0.5) is 38.2 Å². The highest BCUT2D eigenvalue weighted by molar-refractivity contribution is 5.41. The number of hydrogen-bond donors (Lipinski definition) is 0. The summed E-state index contributed by atoms with van der Waals surface area (Å²) < 4.78 is 81.4. The van der Waals surface area contributed by atoms with Crippen LogP contribution in [0, 0.1) is 6.92 Å². The van der Waals surface area contributed by atoms with Gasteiger partial charge in [-0.05, 0) is 36.8 Å². The average molecular weight is 473 g/mol. The van der Waals surface area contributed by atoms with Crippen LogP contribution in [0.25, 0.3) is 0 Å². The lowest BCUT2D eigenvalue weighted by atomic mass is 10.0. The summed E-state index contributed by atoms with van der Waals surface area (Å²) in [7, 11) is 5.07. The molecule has 0 N–H and O–H groups in total. The first kappa shape index (κ1) is 24.3. The van der Waals surface area contributed by atoms with Crippen LogP contribution in [0.2, 0.25) is 0 Å². The van der Waals surface area contributed by atoms with Gasteiger partial charge in [0.05, 0.1) is 29.1 Å². The van der Waals surface area contributed by atoms with Gasteiger partial charge in [0.1, 0.15) is 6.33 Å². The summed E-state index contributed by atoms with van der Waals surface area (Å²) in [6, 6.07) is 3.26. The number of aryl methyl sites for hydroxylation is 2. The number of hydrogen-bond acceptors (Lipinski definition) is 6. The number of nitrogens with zero attached hydrogens (tertiary/aromatic N) is 7. The first-order chi connectivity index (χ1) is 15.2. The lowest BCUT2D eigenvalue weighted by Gasteiger charge is -2.24. The van der Waals surface area contributed by atoms with Crippen LogP contribution in [0.5, 0.6) is 0 Å². The number of anilines is 2. The second-order valence-electron chi connectivity index (χ2n) is 7.65. The van der Waals surface area contributed by atoms with Crippen molar-refractivity contribution in [2.75, 3.05) is 23.9 Å². The van der Waals surface area contributed by atoms with Crippen molar-refractivity contribution < 1.29 is 26.3 Å². The fraction of sp³-hybridized carbons (Fsp3) is 0.400. The molecule has 0 unspecified atom stereocenters. The Morgan fingerprint density at radius 3 is 1.91 bits per heavy atom. The fourth-order valence-electron chi connectivity index (χ4n) is 3.18. The highest BCUT2D eigenvalue weighted by atomic mass is 19.4. The van der Waals surface area contributed by atoms with Gasteiger partial charge in [-0.3, -0.25) is 4.68 Å².